The summed E-state index contributed by atoms with van der Waals surface area (Å²) < 4.78 is 10.8. The zero-order chi connectivity index (χ0) is 14.0. The molecular weight excluding hydrogens is 252 g/mol. The van der Waals surface area contributed by atoms with E-state index in [4.69, 9.17) is 4.42 Å². The van der Waals surface area contributed by atoms with Crippen LogP contribution in [0.2, 0.25) is 0 Å². The van der Waals surface area contributed by atoms with Gasteiger partial charge in [0.1, 0.15) is 0 Å². The molecule has 2 rings (SSSR count). The molecule has 0 unspecified atom stereocenters. The van der Waals surface area contributed by atoms with Crippen LogP contribution in [0.25, 0.3) is 11.1 Å². The second-order valence-electron chi connectivity index (χ2n) is 3.78. The highest BCUT2D eigenvalue weighted by atomic mass is 16.5. The number of oxazole rings is 1. The Morgan fingerprint density at radius 1 is 1.42 bits per heavy atom. The third-order valence-electron chi connectivity index (χ3n) is 2.51. The van der Waals surface area contributed by atoms with Gasteiger partial charge in [-0.15, -0.1) is 0 Å². The Morgan fingerprint density at radius 2 is 2.16 bits per heavy atom. The first-order valence-electron chi connectivity index (χ1n) is 5.60. The van der Waals surface area contributed by atoms with E-state index in [1.807, 2.05) is 0 Å². The normalized spacial score (nSPS) is 10.4. The van der Waals surface area contributed by atoms with Crippen LogP contribution in [0.5, 0.6) is 0 Å². The topological polar surface area (TPSA) is 90.5 Å². The number of anilines is 1. The molecule has 1 aromatic heterocycles. The summed E-state index contributed by atoms with van der Waals surface area (Å²) in [5.74, 6) is -2.32. The van der Waals surface area contributed by atoms with Gasteiger partial charge in [0, 0.05) is 12.7 Å². The fraction of sp³-hybridized carbons (Fsp3) is 0.250. The van der Waals surface area contributed by atoms with Crippen molar-refractivity contribution in [1.82, 2.24) is 4.57 Å². The number of carbonyl (C=O) groups excluding carboxylic acids is 2. The van der Waals surface area contributed by atoms with Crippen molar-refractivity contribution < 1.29 is 18.7 Å². The zero-order valence-corrected chi connectivity index (χ0v) is 10.4. The Kier molecular flexibility index (Phi) is 3.37. The van der Waals surface area contributed by atoms with E-state index in [0.29, 0.717) is 16.8 Å². The molecule has 1 heterocycles. The minimum atomic E-state index is -0.955. The number of nitrogens with one attached hydrogen (secondary N) is 1. The van der Waals surface area contributed by atoms with Gasteiger partial charge in [-0.1, -0.05) is 0 Å². The maximum absolute atomic E-state index is 11.5. The molecule has 0 bridgehead atoms. The SMILES string of the molecule is CCOC(=O)C(=O)Nc1ccc2oc(=O)n(C)c2c1. The van der Waals surface area contributed by atoms with Crippen molar-refractivity contribution >= 4 is 28.7 Å². The van der Waals surface area contributed by atoms with Gasteiger partial charge in [0.15, 0.2) is 5.58 Å². The average Bonchev–Trinajstić information content (AvgIpc) is 2.66. The Hall–Kier alpha value is -2.57. The Morgan fingerprint density at radius 3 is 2.84 bits per heavy atom. The van der Waals surface area contributed by atoms with Crippen molar-refractivity contribution in [1.29, 1.82) is 0 Å². The summed E-state index contributed by atoms with van der Waals surface area (Å²) >= 11 is 0. The lowest BCUT2D eigenvalue weighted by Crippen LogP contribution is -2.24. The van der Waals surface area contributed by atoms with Crippen LogP contribution in [0.1, 0.15) is 6.92 Å². The molecule has 1 N–H and O–H groups in total. The van der Waals surface area contributed by atoms with Gasteiger partial charge in [-0.25, -0.2) is 9.59 Å². The maximum atomic E-state index is 11.5. The quantitative estimate of drug-likeness (QED) is 0.634. The lowest BCUT2D eigenvalue weighted by molar-refractivity contribution is -0.152. The van der Waals surface area contributed by atoms with E-state index in [2.05, 4.69) is 10.1 Å². The monoisotopic (exact) mass is 264 g/mol. The highest BCUT2D eigenvalue weighted by Crippen LogP contribution is 2.17. The van der Waals surface area contributed by atoms with Crippen LogP contribution in [0.4, 0.5) is 5.69 Å². The van der Waals surface area contributed by atoms with E-state index >= 15 is 0 Å². The number of benzene rings is 1. The summed E-state index contributed by atoms with van der Waals surface area (Å²) in [4.78, 5) is 33.9. The predicted octanol–water partition coefficient (Wildman–Crippen LogP) is 0.633. The number of aromatic nitrogens is 1. The summed E-state index contributed by atoms with van der Waals surface area (Å²) in [6, 6.07) is 4.61. The number of hydrogen-bond acceptors (Lipinski definition) is 5. The third-order valence-corrected chi connectivity index (χ3v) is 2.51. The molecule has 0 fully saturated rings. The van der Waals surface area contributed by atoms with Gasteiger partial charge in [-0.3, -0.25) is 9.36 Å². The first-order chi connectivity index (χ1) is 9.02. The molecule has 0 atom stereocenters. The van der Waals surface area contributed by atoms with Crippen LogP contribution < -0.4 is 11.1 Å². The average molecular weight is 264 g/mol. The standard InChI is InChI=1S/C12H12N2O5/c1-3-18-11(16)10(15)13-7-4-5-9-8(6-7)14(2)12(17)19-9/h4-6H,3H2,1-2H3,(H,13,15). The Labute approximate surface area is 107 Å². The first kappa shape index (κ1) is 12.9. The van der Waals surface area contributed by atoms with E-state index in [1.165, 1.54) is 22.8 Å². The summed E-state index contributed by atoms with van der Waals surface area (Å²) in [6.45, 7) is 1.74. The van der Waals surface area contributed by atoms with Crippen LogP contribution >= 0.6 is 0 Å². The molecule has 0 radical (unpaired) electrons. The summed E-state index contributed by atoms with van der Waals surface area (Å²) in [7, 11) is 1.55. The van der Waals surface area contributed by atoms with E-state index in [-0.39, 0.29) is 6.61 Å². The minimum Gasteiger partial charge on any atom is -0.459 e. The van der Waals surface area contributed by atoms with Gasteiger partial charge in [-0.2, -0.15) is 0 Å². The first-order valence-corrected chi connectivity index (χ1v) is 5.60. The van der Waals surface area contributed by atoms with Gasteiger partial charge in [0.25, 0.3) is 0 Å². The fourth-order valence-corrected chi connectivity index (χ4v) is 1.58. The highest BCUT2D eigenvalue weighted by Gasteiger charge is 2.15. The third kappa shape index (κ3) is 2.49. The van der Waals surface area contributed by atoms with Gasteiger partial charge in [-0.05, 0) is 25.1 Å². The second kappa shape index (κ2) is 4.97. The van der Waals surface area contributed by atoms with Crippen LogP contribution in [0.15, 0.2) is 27.4 Å². The van der Waals surface area contributed by atoms with Crippen LogP contribution in [-0.4, -0.2) is 23.1 Å². The van der Waals surface area contributed by atoms with Crippen molar-refractivity contribution in [2.75, 3.05) is 11.9 Å². The molecule has 0 aliphatic heterocycles. The van der Waals surface area contributed by atoms with Crippen molar-refractivity contribution in [2.45, 2.75) is 6.92 Å². The Balaban J connectivity index is 2.27. The molecule has 7 heteroatoms. The number of nitrogens with zero attached hydrogens (tertiary/aromatic N) is 1. The molecule has 0 spiro atoms. The number of esters is 1. The Bertz CT molecular complexity index is 698. The molecule has 7 nitrogen and oxygen atoms in total. The number of rotatable bonds is 2. The second-order valence-corrected chi connectivity index (χ2v) is 3.78. The predicted molar refractivity (Wildman–Crippen MR) is 66.7 cm³/mol. The number of aryl methyl sites for hydroxylation is 1. The van der Waals surface area contributed by atoms with Gasteiger partial charge in [0.05, 0.1) is 12.1 Å². The lowest BCUT2D eigenvalue weighted by atomic mass is 10.3. The van der Waals surface area contributed by atoms with Crippen molar-refractivity contribution in [3.63, 3.8) is 0 Å². The minimum absolute atomic E-state index is 0.127. The highest BCUT2D eigenvalue weighted by molar-refractivity contribution is 6.37. The molecule has 0 aliphatic carbocycles. The number of ether oxygens (including phenoxy) is 1. The van der Waals surface area contributed by atoms with Crippen molar-refractivity contribution in [2.24, 2.45) is 7.05 Å². The number of amides is 1. The van der Waals surface area contributed by atoms with Gasteiger partial charge < -0.3 is 14.5 Å². The molecule has 0 saturated carbocycles. The molecule has 0 saturated heterocycles. The van der Waals surface area contributed by atoms with Crippen LogP contribution in [0.3, 0.4) is 0 Å². The molecule has 2 aromatic rings. The molecule has 1 aromatic carbocycles. The van der Waals surface area contributed by atoms with Gasteiger partial charge in [0.2, 0.25) is 0 Å². The van der Waals surface area contributed by atoms with E-state index in [0.717, 1.165) is 0 Å². The summed E-state index contributed by atoms with van der Waals surface area (Å²) in [6.07, 6.45) is 0. The van der Waals surface area contributed by atoms with E-state index in [9.17, 15) is 14.4 Å². The van der Waals surface area contributed by atoms with E-state index in [1.54, 1.807) is 14.0 Å². The number of fused-ring (bicyclic) bond motifs is 1. The molecule has 100 valence electrons. The smallest absolute Gasteiger partial charge is 0.419 e. The summed E-state index contributed by atoms with van der Waals surface area (Å²) in [5, 5.41) is 2.38. The van der Waals surface area contributed by atoms with Gasteiger partial charge >= 0.3 is 17.6 Å². The largest absolute Gasteiger partial charge is 0.459 e. The van der Waals surface area contributed by atoms with Crippen molar-refractivity contribution in [3.05, 3.63) is 28.7 Å². The maximum Gasteiger partial charge on any atom is 0.419 e. The molecular formula is C12H12N2O5. The van der Waals surface area contributed by atoms with Crippen molar-refractivity contribution in [3.8, 4) is 0 Å². The zero-order valence-electron chi connectivity index (χ0n) is 10.4. The fourth-order valence-electron chi connectivity index (χ4n) is 1.58. The lowest BCUT2D eigenvalue weighted by Gasteiger charge is -2.04. The van der Waals surface area contributed by atoms with E-state index < -0.39 is 17.6 Å². The number of carbonyl (C=O) groups is 2. The molecule has 1 amide bonds. The van der Waals surface area contributed by atoms with Crippen LogP contribution in [-0.2, 0) is 21.4 Å². The number of hydrogen-bond donors (Lipinski definition) is 1. The summed E-state index contributed by atoms with van der Waals surface area (Å²) in [5.41, 5.74) is 1.30. The molecule has 0 aliphatic rings. The van der Waals surface area contributed by atoms with Crippen LogP contribution in [0, 0.1) is 0 Å². The molecule has 19 heavy (non-hydrogen) atoms.